The summed E-state index contributed by atoms with van der Waals surface area (Å²) in [5, 5.41) is 5.97. The Hall–Kier alpha value is -2.61. The molecule has 1 spiro atoms. The third-order valence-electron chi connectivity index (χ3n) is 5.37. The molecule has 1 heterocycles. The molecule has 1 aliphatic heterocycles. The average Bonchev–Trinajstić information content (AvgIpc) is 3.24. The van der Waals surface area contributed by atoms with E-state index in [1.165, 1.54) is 4.90 Å². The van der Waals surface area contributed by atoms with Crippen LogP contribution in [0.2, 0.25) is 5.02 Å². The standard InChI is InChI=1S/C20H24ClN3O5/c1-13-14(21)6-4-7-15(13)22-16(25)12-29-17(26)8-5-11-24-18(27)20(23-19(24)28)9-2-3-10-20/h4,6-7H,2-3,5,8-12H2,1H3,(H,22,25)(H,23,28). The van der Waals surface area contributed by atoms with Crippen LogP contribution >= 0.6 is 11.6 Å². The fraction of sp³-hybridized carbons (Fsp3) is 0.500. The molecule has 4 amide bonds. The van der Waals surface area contributed by atoms with Gasteiger partial charge in [-0.25, -0.2) is 4.79 Å². The average molecular weight is 422 g/mol. The summed E-state index contributed by atoms with van der Waals surface area (Å²) in [5.74, 6) is -1.24. The van der Waals surface area contributed by atoms with Gasteiger partial charge in [0, 0.05) is 23.7 Å². The number of imide groups is 1. The maximum Gasteiger partial charge on any atom is 0.325 e. The van der Waals surface area contributed by atoms with Gasteiger partial charge in [-0.1, -0.05) is 30.5 Å². The van der Waals surface area contributed by atoms with E-state index in [0.29, 0.717) is 23.6 Å². The molecule has 2 aliphatic rings. The molecule has 9 heteroatoms. The Morgan fingerprint density at radius 2 is 2.00 bits per heavy atom. The summed E-state index contributed by atoms with van der Waals surface area (Å²) in [7, 11) is 0. The van der Waals surface area contributed by atoms with Crippen molar-refractivity contribution in [2.45, 2.75) is 51.0 Å². The van der Waals surface area contributed by atoms with Crippen LogP contribution in [0.1, 0.15) is 44.1 Å². The smallest absolute Gasteiger partial charge is 0.325 e. The van der Waals surface area contributed by atoms with Crippen molar-refractivity contribution in [3.05, 3.63) is 28.8 Å². The number of benzene rings is 1. The van der Waals surface area contributed by atoms with Crippen LogP contribution in [0.15, 0.2) is 18.2 Å². The zero-order chi connectivity index (χ0) is 21.0. The van der Waals surface area contributed by atoms with Gasteiger partial charge in [-0.15, -0.1) is 0 Å². The van der Waals surface area contributed by atoms with E-state index in [1.54, 1.807) is 25.1 Å². The quantitative estimate of drug-likeness (QED) is 0.520. The molecule has 1 aromatic carbocycles. The molecular formula is C20H24ClN3O5. The maximum absolute atomic E-state index is 12.5. The van der Waals surface area contributed by atoms with Crippen LogP contribution in [0.25, 0.3) is 0 Å². The Labute approximate surface area is 173 Å². The predicted molar refractivity (Wildman–Crippen MR) is 106 cm³/mol. The number of anilines is 1. The molecule has 156 valence electrons. The summed E-state index contributed by atoms with van der Waals surface area (Å²) in [6.07, 6.45) is 3.46. The van der Waals surface area contributed by atoms with E-state index in [0.717, 1.165) is 18.4 Å². The molecule has 8 nitrogen and oxygen atoms in total. The number of nitrogens with one attached hydrogen (secondary N) is 2. The molecule has 1 aromatic rings. The topological polar surface area (TPSA) is 105 Å². The van der Waals surface area contributed by atoms with E-state index < -0.39 is 30.1 Å². The van der Waals surface area contributed by atoms with E-state index in [2.05, 4.69) is 10.6 Å². The Morgan fingerprint density at radius 3 is 2.72 bits per heavy atom. The minimum Gasteiger partial charge on any atom is -0.456 e. The van der Waals surface area contributed by atoms with Crippen LogP contribution in [0.4, 0.5) is 10.5 Å². The summed E-state index contributed by atoms with van der Waals surface area (Å²) in [6, 6.07) is 4.73. The molecule has 1 saturated heterocycles. The lowest BCUT2D eigenvalue weighted by Gasteiger charge is -2.19. The van der Waals surface area contributed by atoms with Crippen LogP contribution in [0.5, 0.6) is 0 Å². The molecule has 2 N–H and O–H groups in total. The number of urea groups is 1. The molecule has 0 radical (unpaired) electrons. The number of esters is 1. The minimum atomic E-state index is -0.742. The minimum absolute atomic E-state index is 0.00747. The Balaban J connectivity index is 1.39. The molecule has 0 unspecified atom stereocenters. The predicted octanol–water partition coefficient (Wildman–Crippen LogP) is 2.77. The molecular weight excluding hydrogens is 398 g/mol. The third-order valence-corrected chi connectivity index (χ3v) is 5.78. The van der Waals surface area contributed by atoms with Crippen molar-refractivity contribution in [1.82, 2.24) is 10.2 Å². The molecule has 3 rings (SSSR count). The van der Waals surface area contributed by atoms with Gasteiger partial charge >= 0.3 is 12.0 Å². The van der Waals surface area contributed by atoms with Gasteiger partial charge in [0.15, 0.2) is 6.61 Å². The van der Waals surface area contributed by atoms with Crippen LogP contribution in [0, 0.1) is 6.92 Å². The fourth-order valence-electron chi connectivity index (χ4n) is 3.73. The van der Waals surface area contributed by atoms with Crippen LogP contribution in [-0.2, 0) is 19.1 Å². The van der Waals surface area contributed by atoms with Crippen LogP contribution in [-0.4, -0.2) is 47.4 Å². The third kappa shape index (κ3) is 4.70. The van der Waals surface area contributed by atoms with Crippen molar-refractivity contribution >= 4 is 41.1 Å². The van der Waals surface area contributed by atoms with Gasteiger partial charge in [0.1, 0.15) is 5.54 Å². The highest BCUT2D eigenvalue weighted by Gasteiger charge is 2.52. The number of amides is 4. The summed E-state index contributed by atoms with van der Waals surface area (Å²) in [6.45, 7) is 1.50. The molecule has 0 aromatic heterocycles. The van der Waals surface area contributed by atoms with Gasteiger partial charge in [-0.05, 0) is 43.9 Å². The molecule has 29 heavy (non-hydrogen) atoms. The number of hydrogen-bond acceptors (Lipinski definition) is 5. The van der Waals surface area contributed by atoms with E-state index in [9.17, 15) is 19.2 Å². The second kappa shape index (κ2) is 8.82. The number of carbonyl (C=O) groups excluding carboxylic acids is 4. The van der Waals surface area contributed by atoms with Crippen molar-refractivity contribution in [2.75, 3.05) is 18.5 Å². The lowest BCUT2D eigenvalue weighted by Crippen LogP contribution is -2.44. The highest BCUT2D eigenvalue weighted by molar-refractivity contribution is 6.31. The first-order valence-electron chi connectivity index (χ1n) is 9.67. The van der Waals surface area contributed by atoms with Gasteiger partial charge in [0.2, 0.25) is 0 Å². The molecule has 1 aliphatic carbocycles. The zero-order valence-corrected chi connectivity index (χ0v) is 17.0. The molecule has 0 bridgehead atoms. The van der Waals surface area contributed by atoms with Gasteiger partial charge in [-0.3, -0.25) is 19.3 Å². The highest BCUT2D eigenvalue weighted by Crippen LogP contribution is 2.35. The van der Waals surface area contributed by atoms with E-state index >= 15 is 0 Å². The van der Waals surface area contributed by atoms with Crippen molar-refractivity contribution in [1.29, 1.82) is 0 Å². The SMILES string of the molecule is Cc1c(Cl)cccc1NC(=O)COC(=O)CCCN1C(=O)NC2(CCCC2)C1=O. The molecule has 2 fully saturated rings. The number of hydrogen-bond donors (Lipinski definition) is 2. The Morgan fingerprint density at radius 1 is 1.28 bits per heavy atom. The fourth-order valence-corrected chi connectivity index (χ4v) is 3.90. The number of halogens is 1. The second-order valence-electron chi connectivity index (χ2n) is 7.40. The second-order valence-corrected chi connectivity index (χ2v) is 7.81. The number of carbonyl (C=O) groups is 4. The first-order valence-corrected chi connectivity index (χ1v) is 10.0. The Kier molecular flexibility index (Phi) is 6.42. The zero-order valence-electron chi connectivity index (χ0n) is 16.3. The summed E-state index contributed by atoms with van der Waals surface area (Å²) in [4.78, 5) is 49.6. The van der Waals surface area contributed by atoms with E-state index in [-0.39, 0.29) is 25.3 Å². The van der Waals surface area contributed by atoms with Gasteiger partial charge in [0.05, 0.1) is 0 Å². The van der Waals surface area contributed by atoms with Gasteiger partial charge < -0.3 is 15.4 Å². The van der Waals surface area contributed by atoms with Crippen molar-refractivity contribution in [3.8, 4) is 0 Å². The summed E-state index contributed by atoms with van der Waals surface area (Å²) >= 11 is 6.00. The summed E-state index contributed by atoms with van der Waals surface area (Å²) < 4.78 is 4.97. The van der Waals surface area contributed by atoms with Crippen molar-refractivity contribution in [3.63, 3.8) is 0 Å². The maximum atomic E-state index is 12.5. The van der Waals surface area contributed by atoms with Gasteiger partial charge in [-0.2, -0.15) is 0 Å². The number of nitrogens with zero attached hydrogens (tertiary/aromatic N) is 1. The first kappa shape index (κ1) is 21.1. The summed E-state index contributed by atoms with van der Waals surface area (Å²) in [5.41, 5.74) is 0.536. The van der Waals surface area contributed by atoms with Crippen molar-refractivity contribution in [2.24, 2.45) is 0 Å². The lowest BCUT2D eigenvalue weighted by atomic mass is 9.98. The highest BCUT2D eigenvalue weighted by atomic mass is 35.5. The molecule has 0 atom stereocenters. The lowest BCUT2D eigenvalue weighted by molar-refractivity contribution is -0.147. The normalized spacial score (nSPS) is 17.5. The van der Waals surface area contributed by atoms with Gasteiger partial charge in [0.25, 0.3) is 11.8 Å². The van der Waals surface area contributed by atoms with Crippen LogP contribution in [0.3, 0.4) is 0 Å². The largest absolute Gasteiger partial charge is 0.456 e. The molecule has 1 saturated carbocycles. The first-order chi connectivity index (χ1) is 13.8. The van der Waals surface area contributed by atoms with E-state index in [4.69, 9.17) is 16.3 Å². The van der Waals surface area contributed by atoms with E-state index in [1.807, 2.05) is 0 Å². The Bertz CT molecular complexity index is 835. The number of rotatable bonds is 7. The monoisotopic (exact) mass is 421 g/mol. The van der Waals surface area contributed by atoms with Crippen molar-refractivity contribution < 1.29 is 23.9 Å². The van der Waals surface area contributed by atoms with Crippen LogP contribution < -0.4 is 10.6 Å². The number of ether oxygens (including phenoxy) is 1.